The molecule has 0 aromatic heterocycles. The molecule has 1 fully saturated rings. The quantitative estimate of drug-likeness (QED) is 0.708. The number of fused-ring (bicyclic) bond motifs is 9. The van der Waals surface area contributed by atoms with Crippen molar-refractivity contribution in [1.82, 2.24) is 15.1 Å². The largest absolute Gasteiger partial charge is 0.491 e. The molecule has 0 spiro atoms. The maximum atomic E-state index is 13.3. The van der Waals surface area contributed by atoms with E-state index in [-0.39, 0.29) is 17.7 Å². The van der Waals surface area contributed by atoms with Gasteiger partial charge in [-0.25, -0.2) is 0 Å². The number of amides is 3. The van der Waals surface area contributed by atoms with Gasteiger partial charge in [0, 0.05) is 33.1 Å². The molecule has 2 aromatic rings. The van der Waals surface area contributed by atoms with Crippen molar-refractivity contribution in [2.75, 3.05) is 39.8 Å². The molecular weight excluding hydrogens is 454 g/mol. The zero-order valence-corrected chi connectivity index (χ0v) is 21.2. The van der Waals surface area contributed by atoms with Crippen molar-refractivity contribution in [2.24, 2.45) is 5.41 Å². The minimum Gasteiger partial charge on any atom is -0.491 e. The highest BCUT2D eigenvalue weighted by Gasteiger charge is 2.41. The van der Waals surface area contributed by atoms with Gasteiger partial charge >= 0.3 is 0 Å². The molecule has 0 atom stereocenters. The lowest BCUT2D eigenvalue weighted by Gasteiger charge is -2.40. The van der Waals surface area contributed by atoms with Crippen LogP contribution in [-0.4, -0.2) is 67.4 Å². The first-order chi connectivity index (χ1) is 17.5. The Hall–Kier alpha value is -3.35. The van der Waals surface area contributed by atoms with Gasteiger partial charge in [0.1, 0.15) is 12.4 Å². The summed E-state index contributed by atoms with van der Waals surface area (Å²) in [5.41, 5.74) is 1.21. The van der Waals surface area contributed by atoms with E-state index in [1.807, 2.05) is 58.3 Å². The summed E-state index contributed by atoms with van der Waals surface area (Å²) in [5, 5.41) is 2.85. The fraction of sp³-hybridized carbons (Fsp3) is 0.483. The van der Waals surface area contributed by atoms with Crippen LogP contribution in [0.5, 0.6) is 5.75 Å². The molecule has 0 unspecified atom stereocenters. The standard InChI is InChI=1S/C29H37N3O4/c1-30-28(35)29-15-7-8-18-31(26(33)14-13-23-9-3-2-4-10-23)21-22-36-25-12-6-5-11-24(25)27(34)32(19-16-29)20-17-29/h2-6,9-12H,7-8,13-22H2,1H3,(H,30,35). The summed E-state index contributed by atoms with van der Waals surface area (Å²) in [6.45, 7) is 2.51. The second kappa shape index (κ2) is 12.1. The van der Waals surface area contributed by atoms with E-state index in [0.717, 1.165) is 24.8 Å². The first kappa shape index (κ1) is 25.7. The molecule has 2 aromatic carbocycles. The van der Waals surface area contributed by atoms with Crippen molar-refractivity contribution < 1.29 is 19.1 Å². The number of rotatable bonds is 4. The molecular formula is C29H37N3O4. The van der Waals surface area contributed by atoms with Crippen LogP contribution < -0.4 is 10.1 Å². The van der Waals surface area contributed by atoms with Crippen LogP contribution in [0.3, 0.4) is 0 Å². The number of aryl methyl sites for hydroxylation is 1. The van der Waals surface area contributed by atoms with E-state index in [2.05, 4.69) is 5.32 Å². The number of benzene rings is 2. The molecule has 3 aliphatic rings. The molecule has 36 heavy (non-hydrogen) atoms. The van der Waals surface area contributed by atoms with Gasteiger partial charge in [-0.1, -0.05) is 48.9 Å². The van der Waals surface area contributed by atoms with Crippen molar-refractivity contribution >= 4 is 17.7 Å². The molecule has 3 amide bonds. The number of ether oxygens (including phenoxy) is 1. The Morgan fingerprint density at radius 3 is 2.39 bits per heavy atom. The summed E-state index contributed by atoms with van der Waals surface area (Å²) in [4.78, 5) is 43.1. The molecule has 3 aliphatic heterocycles. The Kier molecular flexibility index (Phi) is 8.62. The molecule has 7 heteroatoms. The van der Waals surface area contributed by atoms with Crippen molar-refractivity contribution in [1.29, 1.82) is 0 Å². The highest BCUT2D eigenvalue weighted by Crippen LogP contribution is 2.38. The van der Waals surface area contributed by atoms with Crippen LogP contribution in [0, 0.1) is 5.41 Å². The lowest BCUT2D eigenvalue weighted by Crippen LogP contribution is -2.49. The molecule has 5 rings (SSSR count). The predicted molar refractivity (Wildman–Crippen MR) is 139 cm³/mol. The zero-order valence-electron chi connectivity index (χ0n) is 21.2. The van der Waals surface area contributed by atoms with Crippen LogP contribution in [-0.2, 0) is 16.0 Å². The maximum absolute atomic E-state index is 13.3. The Morgan fingerprint density at radius 1 is 0.917 bits per heavy atom. The topological polar surface area (TPSA) is 79.0 Å². The van der Waals surface area contributed by atoms with Gasteiger partial charge in [-0.15, -0.1) is 0 Å². The van der Waals surface area contributed by atoms with E-state index in [1.165, 1.54) is 0 Å². The van der Waals surface area contributed by atoms with Crippen molar-refractivity contribution in [3.63, 3.8) is 0 Å². The second-order valence-electron chi connectivity index (χ2n) is 9.82. The minimum atomic E-state index is -0.468. The Morgan fingerprint density at radius 2 is 1.64 bits per heavy atom. The number of nitrogens with one attached hydrogen (secondary N) is 1. The lowest BCUT2D eigenvalue weighted by molar-refractivity contribution is -0.134. The van der Waals surface area contributed by atoms with Crippen LogP contribution in [0.25, 0.3) is 0 Å². The third-order valence-corrected chi connectivity index (χ3v) is 7.61. The molecule has 3 heterocycles. The second-order valence-corrected chi connectivity index (χ2v) is 9.82. The summed E-state index contributed by atoms with van der Waals surface area (Å²) < 4.78 is 6.05. The summed E-state index contributed by atoms with van der Waals surface area (Å²) >= 11 is 0. The van der Waals surface area contributed by atoms with Gasteiger partial charge < -0.3 is 19.9 Å². The molecule has 192 valence electrons. The molecule has 0 radical (unpaired) electrons. The smallest absolute Gasteiger partial charge is 0.257 e. The molecule has 7 nitrogen and oxygen atoms in total. The van der Waals surface area contributed by atoms with E-state index in [4.69, 9.17) is 4.74 Å². The monoisotopic (exact) mass is 491 g/mol. The van der Waals surface area contributed by atoms with Gasteiger partial charge in [-0.2, -0.15) is 0 Å². The van der Waals surface area contributed by atoms with Crippen molar-refractivity contribution in [2.45, 2.75) is 44.9 Å². The summed E-state index contributed by atoms with van der Waals surface area (Å²) in [5.74, 6) is 0.626. The van der Waals surface area contributed by atoms with Crippen LogP contribution in [0.2, 0.25) is 0 Å². The fourth-order valence-corrected chi connectivity index (χ4v) is 5.38. The van der Waals surface area contributed by atoms with E-state index in [0.29, 0.717) is 69.8 Å². The minimum absolute atomic E-state index is 0.0541. The number of carbonyl (C=O) groups excluding carboxylic acids is 3. The number of hydrogen-bond donors (Lipinski definition) is 1. The first-order valence-electron chi connectivity index (χ1n) is 13.1. The Balaban J connectivity index is 1.51. The number of piperidine rings is 1. The predicted octanol–water partition coefficient (Wildman–Crippen LogP) is 3.68. The Bertz CT molecular complexity index is 1050. The number of carbonyl (C=O) groups is 3. The normalized spacial score (nSPS) is 18.4. The number of para-hydroxylation sites is 1. The Labute approximate surface area is 213 Å². The van der Waals surface area contributed by atoms with Crippen molar-refractivity contribution in [3.05, 3.63) is 65.7 Å². The van der Waals surface area contributed by atoms with Crippen molar-refractivity contribution in [3.8, 4) is 5.75 Å². The highest BCUT2D eigenvalue weighted by atomic mass is 16.5. The molecule has 2 bridgehead atoms. The SMILES string of the molecule is CNC(=O)C12CCCCN(C(=O)CCc3ccccc3)CCOc3ccccc3C(=O)N(CC1)CC2. The molecule has 0 aliphatic carbocycles. The summed E-state index contributed by atoms with van der Waals surface area (Å²) in [6, 6.07) is 17.3. The van der Waals surface area contributed by atoms with E-state index in [9.17, 15) is 14.4 Å². The number of hydrogen-bond acceptors (Lipinski definition) is 4. The van der Waals surface area contributed by atoms with Gasteiger partial charge in [0.25, 0.3) is 5.91 Å². The van der Waals surface area contributed by atoms with Crippen LogP contribution >= 0.6 is 0 Å². The molecule has 1 N–H and O–H groups in total. The third kappa shape index (κ3) is 6.07. The van der Waals surface area contributed by atoms with Crippen LogP contribution in [0.1, 0.15) is 54.4 Å². The van der Waals surface area contributed by atoms with Gasteiger partial charge in [0.05, 0.1) is 17.5 Å². The fourth-order valence-electron chi connectivity index (χ4n) is 5.38. The van der Waals surface area contributed by atoms with Gasteiger partial charge in [-0.3, -0.25) is 14.4 Å². The summed E-state index contributed by atoms with van der Waals surface area (Å²) in [7, 11) is 1.69. The average molecular weight is 492 g/mol. The third-order valence-electron chi connectivity index (χ3n) is 7.61. The van der Waals surface area contributed by atoms with Crippen LogP contribution in [0.4, 0.5) is 0 Å². The average Bonchev–Trinajstić information content (AvgIpc) is 2.93. The van der Waals surface area contributed by atoms with Gasteiger partial charge in [0.15, 0.2) is 0 Å². The van der Waals surface area contributed by atoms with E-state index in [1.54, 1.807) is 13.1 Å². The van der Waals surface area contributed by atoms with Gasteiger partial charge in [0.2, 0.25) is 11.8 Å². The summed E-state index contributed by atoms with van der Waals surface area (Å²) in [6.07, 6.45) is 4.86. The number of nitrogens with zero attached hydrogens (tertiary/aromatic N) is 2. The van der Waals surface area contributed by atoms with E-state index < -0.39 is 5.41 Å². The molecule has 1 saturated heterocycles. The van der Waals surface area contributed by atoms with E-state index >= 15 is 0 Å². The highest BCUT2D eigenvalue weighted by molar-refractivity contribution is 5.97. The van der Waals surface area contributed by atoms with Gasteiger partial charge in [-0.05, 0) is 49.8 Å². The van der Waals surface area contributed by atoms with Crippen LogP contribution in [0.15, 0.2) is 54.6 Å². The first-order valence-corrected chi connectivity index (χ1v) is 13.1. The molecule has 0 saturated carbocycles. The lowest BCUT2D eigenvalue weighted by atomic mass is 9.73. The maximum Gasteiger partial charge on any atom is 0.257 e. The zero-order chi connectivity index (χ0) is 25.4.